The summed E-state index contributed by atoms with van der Waals surface area (Å²) in [7, 11) is -3.57. The molecule has 0 saturated carbocycles. The van der Waals surface area contributed by atoms with Crippen LogP contribution in [0.4, 0.5) is 0 Å². The molecule has 1 aliphatic carbocycles. The van der Waals surface area contributed by atoms with Crippen molar-refractivity contribution >= 4 is 22.0 Å². The van der Waals surface area contributed by atoms with Crippen molar-refractivity contribution in [2.24, 2.45) is 0 Å². The van der Waals surface area contributed by atoms with Gasteiger partial charge in [-0.05, 0) is 50.3 Å². The third kappa shape index (κ3) is 3.16. The summed E-state index contributed by atoms with van der Waals surface area (Å²) in [5, 5.41) is -0.808. The molecule has 3 aromatic rings. The summed E-state index contributed by atoms with van der Waals surface area (Å²) in [5.41, 5.74) is 3.78. The number of H-pyrrole nitrogens is 1. The smallest absolute Gasteiger partial charge is 0.305 e. The van der Waals surface area contributed by atoms with Gasteiger partial charge in [0.05, 0.1) is 22.0 Å². The Morgan fingerprint density at radius 1 is 0.857 bits per heavy atom. The number of sulfone groups is 1. The summed E-state index contributed by atoms with van der Waals surface area (Å²) in [6, 6.07) is 14.4. The zero-order chi connectivity index (χ0) is 19.9. The van der Waals surface area contributed by atoms with Gasteiger partial charge in [0.2, 0.25) is 0 Å². The highest BCUT2D eigenvalue weighted by molar-refractivity contribution is 7.92. The zero-order valence-electron chi connectivity index (χ0n) is 15.6. The van der Waals surface area contributed by atoms with Gasteiger partial charge in [-0.3, -0.25) is 4.57 Å². The van der Waals surface area contributed by atoms with E-state index in [-0.39, 0.29) is 10.6 Å². The van der Waals surface area contributed by atoms with Gasteiger partial charge in [0.25, 0.3) is 0 Å². The summed E-state index contributed by atoms with van der Waals surface area (Å²) in [4.78, 5) is 15.5. The van der Waals surface area contributed by atoms with Crippen molar-refractivity contribution in [3.8, 4) is 5.69 Å². The van der Waals surface area contributed by atoms with E-state index < -0.39 is 15.1 Å². The molecule has 142 valence electrons. The van der Waals surface area contributed by atoms with Gasteiger partial charge in [-0.1, -0.05) is 47.5 Å². The first-order valence-corrected chi connectivity index (χ1v) is 10.5. The van der Waals surface area contributed by atoms with Crippen LogP contribution in [0, 0.1) is 13.8 Å². The van der Waals surface area contributed by atoms with E-state index in [2.05, 4.69) is 4.98 Å². The van der Waals surface area contributed by atoms with Crippen LogP contribution in [0.5, 0.6) is 0 Å². The van der Waals surface area contributed by atoms with Gasteiger partial charge in [-0.15, -0.1) is 0 Å². The Hall–Kier alpha value is -3.12. The predicted octanol–water partition coefficient (Wildman–Crippen LogP) is 3.66. The Morgan fingerprint density at radius 2 is 1.43 bits per heavy atom. The number of aryl methyl sites for hydroxylation is 2. The van der Waals surface area contributed by atoms with E-state index >= 15 is 0 Å². The fraction of sp³-hybridized carbons (Fsp3) is 0.136. The lowest BCUT2D eigenvalue weighted by Gasteiger charge is -2.10. The second-order valence-corrected chi connectivity index (χ2v) is 9.05. The molecule has 4 rings (SSSR count). The van der Waals surface area contributed by atoms with Crippen molar-refractivity contribution in [1.82, 2.24) is 9.55 Å². The highest BCUT2D eigenvalue weighted by atomic mass is 32.2. The zero-order valence-corrected chi connectivity index (χ0v) is 16.4. The lowest BCUT2D eigenvalue weighted by molar-refractivity contribution is 0.594. The average molecular weight is 392 g/mol. The van der Waals surface area contributed by atoms with Crippen molar-refractivity contribution in [3.05, 3.63) is 93.7 Å². The highest BCUT2D eigenvalue weighted by Crippen LogP contribution is 2.24. The Labute approximate surface area is 163 Å². The minimum Gasteiger partial charge on any atom is -0.305 e. The second kappa shape index (κ2) is 6.80. The number of hydrogen-bond donors (Lipinski definition) is 1. The molecule has 1 heterocycles. The van der Waals surface area contributed by atoms with Crippen LogP contribution in [0.2, 0.25) is 0 Å². The van der Waals surface area contributed by atoms with Crippen molar-refractivity contribution in [1.29, 1.82) is 0 Å². The maximum absolute atomic E-state index is 13.0. The first kappa shape index (κ1) is 18.3. The van der Waals surface area contributed by atoms with E-state index in [1.165, 1.54) is 0 Å². The van der Waals surface area contributed by atoms with Crippen LogP contribution in [0.1, 0.15) is 22.5 Å². The fourth-order valence-corrected chi connectivity index (χ4v) is 4.64. The third-order valence-corrected chi connectivity index (χ3v) is 6.82. The molecular weight excluding hydrogens is 372 g/mol. The highest BCUT2D eigenvalue weighted by Gasteiger charge is 2.25. The molecule has 0 saturated heterocycles. The van der Waals surface area contributed by atoms with Crippen LogP contribution in [0.25, 0.3) is 17.8 Å². The Bertz CT molecular complexity index is 1240. The van der Waals surface area contributed by atoms with Crippen molar-refractivity contribution in [2.75, 3.05) is 0 Å². The Kier molecular flexibility index (Phi) is 4.43. The molecule has 5 nitrogen and oxygen atoms in total. The van der Waals surface area contributed by atoms with Crippen molar-refractivity contribution in [2.45, 2.75) is 24.0 Å². The minimum atomic E-state index is -3.57. The molecule has 0 radical (unpaired) electrons. The average Bonchev–Trinajstić information content (AvgIpc) is 2.84. The number of aromatic amines is 1. The topological polar surface area (TPSA) is 71.9 Å². The lowest BCUT2D eigenvalue weighted by atomic mass is 10.2. The molecule has 0 amide bonds. The molecule has 28 heavy (non-hydrogen) atoms. The SMILES string of the molecule is Cc1ccc(-n2c3c([nH]c2=O)C=CC(S(=O)(=O)c2ccc(C)cc2)C=C3)cc1. The summed E-state index contributed by atoms with van der Waals surface area (Å²) in [5.74, 6) is 0. The van der Waals surface area contributed by atoms with Crippen LogP contribution in [-0.2, 0) is 9.84 Å². The molecule has 0 spiro atoms. The van der Waals surface area contributed by atoms with Crippen molar-refractivity contribution < 1.29 is 8.42 Å². The van der Waals surface area contributed by atoms with E-state index in [0.717, 1.165) is 16.8 Å². The van der Waals surface area contributed by atoms with Crippen LogP contribution < -0.4 is 5.69 Å². The molecule has 0 aliphatic heterocycles. The monoisotopic (exact) mass is 392 g/mol. The fourth-order valence-electron chi connectivity index (χ4n) is 3.24. The minimum absolute atomic E-state index is 0.261. The van der Waals surface area contributed by atoms with Crippen LogP contribution >= 0.6 is 0 Å². The number of hydrogen-bond acceptors (Lipinski definition) is 3. The van der Waals surface area contributed by atoms with Gasteiger partial charge >= 0.3 is 5.69 Å². The van der Waals surface area contributed by atoms with Gasteiger partial charge in [-0.25, -0.2) is 13.2 Å². The van der Waals surface area contributed by atoms with E-state index in [4.69, 9.17) is 0 Å². The summed E-state index contributed by atoms with van der Waals surface area (Å²) >= 11 is 0. The first-order chi connectivity index (χ1) is 13.4. The molecule has 2 aromatic carbocycles. The van der Waals surface area contributed by atoms with Crippen LogP contribution in [0.15, 0.2) is 70.4 Å². The molecule has 6 heteroatoms. The van der Waals surface area contributed by atoms with E-state index in [1.54, 1.807) is 53.1 Å². The van der Waals surface area contributed by atoms with Crippen LogP contribution in [-0.4, -0.2) is 23.2 Å². The summed E-state index contributed by atoms with van der Waals surface area (Å²) in [6.45, 7) is 3.89. The molecule has 1 aliphatic rings. The number of nitrogens with zero attached hydrogens (tertiary/aromatic N) is 1. The van der Waals surface area contributed by atoms with E-state index in [0.29, 0.717) is 11.4 Å². The molecular formula is C22H20N2O3S. The number of imidazole rings is 1. The number of benzene rings is 2. The van der Waals surface area contributed by atoms with Gasteiger partial charge in [0, 0.05) is 0 Å². The molecule has 1 unspecified atom stereocenters. The molecule has 0 bridgehead atoms. The van der Waals surface area contributed by atoms with E-state index in [9.17, 15) is 13.2 Å². The number of nitrogens with one attached hydrogen (secondary N) is 1. The normalized spacial score (nSPS) is 16.0. The standard InChI is InChI=1S/C22H20N2O3S/c1-15-3-7-17(8-4-15)24-21-14-12-19(11-13-20(21)23-22(24)25)28(26,27)18-9-5-16(2)6-10-18/h3-14,19H,1-2H3,(H,23,25). The lowest BCUT2D eigenvalue weighted by Crippen LogP contribution is -2.18. The third-order valence-electron chi connectivity index (χ3n) is 4.86. The van der Waals surface area contributed by atoms with E-state index in [1.807, 2.05) is 38.1 Å². The number of aromatic nitrogens is 2. The number of rotatable bonds is 3. The quantitative estimate of drug-likeness (QED) is 0.739. The Morgan fingerprint density at radius 3 is 2.07 bits per heavy atom. The first-order valence-electron chi connectivity index (χ1n) is 8.95. The maximum Gasteiger partial charge on any atom is 0.331 e. The predicted molar refractivity (Wildman–Crippen MR) is 111 cm³/mol. The molecule has 1 atom stereocenters. The summed E-state index contributed by atoms with van der Waals surface area (Å²) in [6.07, 6.45) is 6.59. The number of fused-ring (bicyclic) bond motifs is 1. The molecule has 1 N–H and O–H groups in total. The van der Waals surface area contributed by atoms with Gasteiger partial charge < -0.3 is 4.98 Å². The summed E-state index contributed by atoms with van der Waals surface area (Å²) < 4.78 is 27.6. The maximum atomic E-state index is 13.0. The Balaban J connectivity index is 1.76. The van der Waals surface area contributed by atoms with Gasteiger partial charge in [-0.2, -0.15) is 0 Å². The van der Waals surface area contributed by atoms with Gasteiger partial charge in [0.15, 0.2) is 9.84 Å². The molecule has 0 fully saturated rings. The largest absolute Gasteiger partial charge is 0.331 e. The van der Waals surface area contributed by atoms with Crippen molar-refractivity contribution in [3.63, 3.8) is 0 Å². The second-order valence-electron chi connectivity index (χ2n) is 6.94. The molecule has 1 aromatic heterocycles. The van der Waals surface area contributed by atoms with Crippen LogP contribution in [0.3, 0.4) is 0 Å². The van der Waals surface area contributed by atoms with Gasteiger partial charge in [0.1, 0.15) is 5.25 Å².